The molecule has 1 aliphatic rings. The largest absolute Gasteiger partial charge is 0.382 e. The fraction of sp³-hybridized carbons (Fsp3) is 1.00. The van der Waals surface area contributed by atoms with Crippen LogP contribution in [0.1, 0.15) is 46.0 Å². The molecule has 0 heterocycles. The van der Waals surface area contributed by atoms with Gasteiger partial charge >= 0.3 is 0 Å². The van der Waals surface area contributed by atoms with Crippen molar-refractivity contribution in [3.05, 3.63) is 0 Å². The van der Waals surface area contributed by atoms with Crippen molar-refractivity contribution >= 4 is 0 Å². The van der Waals surface area contributed by atoms with Crippen molar-refractivity contribution < 1.29 is 9.47 Å². The molecule has 2 unspecified atom stereocenters. The first-order chi connectivity index (χ1) is 7.38. The fourth-order valence-corrected chi connectivity index (χ4v) is 2.53. The second-order valence-corrected chi connectivity index (χ2v) is 4.45. The molecule has 0 amide bonds. The number of rotatable bonds is 7. The van der Waals surface area contributed by atoms with Crippen LogP contribution in [0.5, 0.6) is 0 Å². The van der Waals surface area contributed by atoms with Gasteiger partial charge in [0.1, 0.15) is 0 Å². The Balaban J connectivity index is 2.22. The van der Waals surface area contributed by atoms with Gasteiger partial charge in [-0.25, -0.2) is 0 Å². The lowest BCUT2D eigenvalue weighted by molar-refractivity contribution is 0.0482. The molecular weight excluding hydrogens is 188 g/mol. The van der Waals surface area contributed by atoms with Crippen LogP contribution in [0.2, 0.25) is 0 Å². The summed E-state index contributed by atoms with van der Waals surface area (Å²) in [7, 11) is 0. The normalized spacial score (nSPS) is 26.8. The highest BCUT2D eigenvalue weighted by Crippen LogP contribution is 2.32. The lowest BCUT2D eigenvalue weighted by atomic mass is 9.78. The van der Waals surface area contributed by atoms with Gasteiger partial charge in [-0.15, -0.1) is 0 Å². The Morgan fingerprint density at radius 1 is 0.933 bits per heavy atom. The van der Waals surface area contributed by atoms with E-state index < -0.39 is 0 Å². The second kappa shape index (κ2) is 8.12. The molecule has 2 heteroatoms. The highest BCUT2D eigenvalue weighted by atomic mass is 16.5. The Hall–Kier alpha value is -0.0800. The minimum atomic E-state index is 0.791. The van der Waals surface area contributed by atoms with Crippen LogP contribution in [0.4, 0.5) is 0 Å². The molecule has 1 rings (SSSR count). The zero-order valence-electron chi connectivity index (χ0n) is 10.3. The van der Waals surface area contributed by atoms with Gasteiger partial charge < -0.3 is 9.47 Å². The van der Waals surface area contributed by atoms with Crippen LogP contribution >= 0.6 is 0 Å². The molecule has 1 aliphatic carbocycles. The van der Waals surface area contributed by atoms with Gasteiger partial charge in [0.15, 0.2) is 0 Å². The summed E-state index contributed by atoms with van der Waals surface area (Å²) in [6.07, 6.45) is 6.76. The third kappa shape index (κ3) is 4.98. The minimum absolute atomic E-state index is 0.791. The summed E-state index contributed by atoms with van der Waals surface area (Å²) in [6, 6.07) is 0. The zero-order chi connectivity index (χ0) is 10.9. The van der Waals surface area contributed by atoms with E-state index in [1.54, 1.807) is 0 Å². The van der Waals surface area contributed by atoms with Gasteiger partial charge in [0.2, 0.25) is 0 Å². The molecule has 0 spiro atoms. The van der Waals surface area contributed by atoms with Crippen molar-refractivity contribution in [1.29, 1.82) is 0 Å². The topological polar surface area (TPSA) is 18.5 Å². The lowest BCUT2D eigenvalue weighted by Crippen LogP contribution is -2.25. The molecule has 0 aromatic rings. The van der Waals surface area contributed by atoms with Gasteiger partial charge in [-0.1, -0.05) is 19.3 Å². The standard InChI is InChI=1S/C13H26O2/c1-3-14-10-9-12-7-5-6-8-13(12)11-15-4-2/h12-13H,3-11H2,1-2H3. The van der Waals surface area contributed by atoms with Crippen LogP contribution in [0, 0.1) is 11.8 Å². The quantitative estimate of drug-likeness (QED) is 0.606. The van der Waals surface area contributed by atoms with E-state index in [1.165, 1.54) is 32.1 Å². The summed E-state index contributed by atoms with van der Waals surface area (Å²) in [5, 5.41) is 0. The van der Waals surface area contributed by atoms with E-state index in [9.17, 15) is 0 Å². The van der Waals surface area contributed by atoms with Crippen LogP contribution in [0.15, 0.2) is 0 Å². The molecule has 2 nitrogen and oxygen atoms in total. The summed E-state index contributed by atoms with van der Waals surface area (Å²) in [5.41, 5.74) is 0. The van der Waals surface area contributed by atoms with E-state index in [2.05, 4.69) is 13.8 Å². The summed E-state index contributed by atoms with van der Waals surface area (Å²) in [5.74, 6) is 1.64. The van der Waals surface area contributed by atoms with E-state index in [4.69, 9.17) is 9.47 Å². The van der Waals surface area contributed by atoms with Crippen molar-refractivity contribution in [1.82, 2.24) is 0 Å². The first-order valence-electron chi connectivity index (χ1n) is 6.54. The van der Waals surface area contributed by atoms with Crippen molar-refractivity contribution in [2.75, 3.05) is 26.4 Å². The molecular formula is C13H26O2. The molecule has 2 atom stereocenters. The maximum absolute atomic E-state index is 5.57. The van der Waals surface area contributed by atoms with Crippen molar-refractivity contribution in [2.24, 2.45) is 11.8 Å². The maximum Gasteiger partial charge on any atom is 0.0496 e. The highest BCUT2D eigenvalue weighted by molar-refractivity contribution is 4.75. The Kier molecular flexibility index (Phi) is 7.03. The van der Waals surface area contributed by atoms with Crippen LogP contribution < -0.4 is 0 Å². The predicted molar refractivity (Wildman–Crippen MR) is 63.1 cm³/mol. The molecule has 0 N–H and O–H groups in total. The molecule has 90 valence electrons. The SMILES string of the molecule is CCOCCC1CCCCC1COCC. The van der Waals surface area contributed by atoms with Crippen molar-refractivity contribution in [3.63, 3.8) is 0 Å². The molecule has 0 aromatic carbocycles. The van der Waals surface area contributed by atoms with E-state index in [-0.39, 0.29) is 0 Å². The van der Waals surface area contributed by atoms with Gasteiger partial charge in [-0.05, 0) is 38.5 Å². The minimum Gasteiger partial charge on any atom is -0.382 e. The van der Waals surface area contributed by atoms with E-state index in [0.29, 0.717) is 0 Å². The highest BCUT2D eigenvalue weighted by Gasteiger charge is 2.24. The molecule has 1 saturated carbocycles. The van der Waals surface area contributed by atoms with E-state index in [0.717, 1.165) is 38.3 Å². The molecule has 0 bridgehead atoms. The Morgan fingerprint density at radius 3 is 2.27 bits per heavy atom. The van der Waals surface area contributed by atoms with Crippen LogP contribution in [-0.2, 0) is 9.47 Å². The van der Waals surface area contributed by atoms with Crippen molar-refractivity contribution in [2.45, 2.75) is 46.0 Å². The average molecular weight is 214 g/mol. The first kappa shape index (κ1) is 13.0. The Labute approximate surface area is 94.3 Å². The van der Waals surface area contributed by atoms with Crippen LogP contribution in [-0.4, -0.2) is 26.4 Å². The van der Waals surface area contributed by atoms with Gasteiger partial charge in [-0.2, -0.15) is 0 Å². The van der Waals surface area contributed by atoms with Crippen molar-refractivity contribution in [3.8, 4) is 0 Å². The summed E-state index contributed by atoms with van der Waals surface area (Å²) in [6.45, 7) is 7.76. The smallest absolute Gasteiger partial charge is 0.0496 e. The van der Waals surface area contributed by atoms with Crippen LogP contribution in [0.3, 0.4) is 0 Å². The van der Waals surface area contributed by atoms with Gasteiger partial charge in [0.25, 0.3) is 0 Å². The van der Waals surface area contributed by atoms with Crippen LogP contribution in [0.25, 0.3) is 0 Å². The summed E-state index contributed by atoms with van der Waals surface area (Å²) >= 11 is 0. The second-order valence-electron chi connectivity index (χ2n) is 4.45. The Morgan fingerprint density at radius 2 is 1.60 bits per heavy atom. The molecule has 15 heavy (non-hydrogen) atoms. The molecule has 0 aromatic heterocycles. The number of hydrogen-bond acceptors (Lipinski definition) is 2. The van der Waals surface area contributed by atoms with Gasteiger partial charge in [0, 0.05) is 26.4 Å². The monoisotopic (exact) mass is 214 g/mol. The zero-order valence-corrected chi connectivity index (χ0v) is 10.3. The summed E-state index contributed by atoms with van der Waals surface area (Å²) in [4.78, 5) is 0. The molecule has 0 aliphatic heterocycles. The van der Waals surface area contributed by atoms with Gasteiger partial charge in [-0.3, -0.25) is 0 Å². The fourth-order valence-electron chi connectivity index (χ4n) is 2.53. The molecule has 0 radical (unpaired) electrons. The maximum atomic E-state index is 5.57. The molecule has 1 fully saturated rings. The number of ether oxygens (including phenoxy) is 2. The predicted octanol–water partition coefficient (Wildman–Crippen LogP) is 3.26. The Bertz CT molecular complexity index is 147. The number of hydrogen-bond donors (Lipinski definition) is 0. The van der Waals surface area contributed by atoms with Gasteiger partial charge in [0.05, 0.1) is 0 Å². The lowest BCUT2D eigenvalue weighted by Gasteiger charge is -2.31. The third-order valence-electron chi connectivity index (χ3n) is 3.44. The van der Waals surface area contributed by atoms with E-state index in [1.807, 2.05) is 0 Å². The first-order valence-corrected chi connectivity index (χ1v) is 6.54. The molecule has 0 saturated heterocycles. The third-order valence-corrected chi connectivity index (χ3v) is 3.44. The average Bonchev–Trinajstić information content (AvgIpc) is 2.28. The van der Waals surface area contributed by atoms with E-state index >= 15 is 0 Å². The summed E-state index contributed by atoms with van der Waals surface area (Å²) < 4.78 is 11.0.